The molecule has 2 fully saturated rings. The zero-order chi connectivity index (χ0) is 15.0. The van der Waals surface area contributed by atoms with Crippen molar-refractivity contribution in [3.63, 3.8) is 0 Å². The first-order chi connectivity index (χ1) is 10.8. The maximum atomic E-state index is 12.6. The van der Waals surface area contributed by atoms with E-state index < -0.39 is 0 Å². The highest BCUT2D eigenvalue weighted by Gasteiger charge is 2.48. The minimum Gasteiger partial charge on any atom is -0.376 e. The van der Waals surface area contributed by atoms with Gasteiger partial charge in [-0.25, -0.2) is 9.97 Å². The molecule has 0 bridgehead atoms. The molecule has 0 aromatic carbocycles. The number of nitrogens with zero attached hydrogens (tertiary/aromatic N) is 3. The van der Waals surface area contributed by atoms with Gasteiger partial charge >= 0.3 is 0 Å². The quantitative estimate of drug-likeness (QED) is 0.936. The molecule has 2 aliphatic rings. The summed E-state index contributed by atoms with van der Waals surface area (Å²) >= 11 is 0. The maximum absolute atomic E-state index is 12.6. The summed E-state index contributed by atoms with van der Waals surface area (Å²) in [6.45, 7) is 0.738. The standard InChI is InChI=1S/C16H18N4O2/c21-15(19-16-4-1-2-13(16)22-9-5-16)12-3-6-18-14(10-12)20-8-7-17-11-20/h3,6-8,10-11,13H,1-2,4-5,9H2,(H,19,21)/t13-,16+/m1/s1. The highest BCUT2D eigenvalue weighted by molar-refractivity contribution is 5.95. The van der Waals surface area contributed by atoms with E-state index in [2.05, 4.69) is 15.3 Å². The lowest BCUT2D eigenvalue weighted by Gasteiger charge is -2.29. The first-order valence-electron chi connectivity index (χ1n) is 7.65. The van der Waals surface area contributed by atoms with Crippen LogP contribution in [0.3, 0.4) is 0 Å². The molecule has 2 atom stereocenters. The Hall–Kier alpha value is -2.21. The molecule has 1 N–H and O–H groups in total. The van der Waals surface area contributed by atoms with Crippen LogP contribution in [0, 0.1) is 0 Å². The van der Waals surface area contributed by atoms with Gasteiger partial charge in [0, 0.05) is 30.8 Å². The van der Waals surface area contributed by atoms with Crippen LogP contribution in [0.4, 0.5) is 0 Å². The number of ether oxygens (including phenoxy) is 1. The van der Waals surface area contributed by atoms with Gasteiger partial charge < -0.3 is 10.1 Å². The average Bonchev–Trinajstić information content (AvgIpc) is 3.23. The third-order valence-electron chi connectivity index (χ3n) is 4.71. The van der Waals surface area contributed by atoms with E-state index in [1.54, 1.807) is 41.6 Å². The molecule has 6 nitrogen and oxygen atoms in total. The van der Waals surface area contributed by atoms with E-state index in [-0.39, 0.29) is 17.6 Å². The lowest BCUT2D eigenvalue weighted by molar-refractivity contribution is 0.0717. The molecule has 0 spiro atoms. The fraction of sp³-hybridized carbons (Fsp3) is 0.438. The van der Waals surface area contributed by atoms with Gasteiger partial charge in [-0.05, 0) is 37.8 Å². The number of rotatable bonds is 3. The van der Waals surface area contributed by atoms with E-state index in [4.69, 9.17) is 4.74 Å². The zero-order valence-electron chi connectivity index (χ0n) is 12.2. The van der Waals surface area contributed by atoms with Crippen LogP contribution in [-0.2, 0) is 4.74 Å². The lowest BCUT2D eigenvalue weighted by Crippen LogP contribution is -2.51. The number of amides is 1. The number of nitrogens with one attached hydrogen (secondary N) is 1. The maximum Gasteiger partial charge on any atom is 0.251 e. The van der Waals surface area contributed by atoms with Crippen LogP contribution < -0.4 is 5.32 Å². The van der Waals surface area contributed by atoms with Crippen molar-refractivity contribution < 1.29 is 9.53 Å². The van der Waals surface area contributed by atoms with Crippen molar-refractivity contribution in [3.05, 3.63) is 42.6 Å². The summed E-state index contributed by atoms with van der Waals surface area (Å²) in [4.78, 5) is 20.9. The fourth-order valence-corrected chi connectivity index (χ4v) is 3.55. The molecule has 4 rings (SSSR count). The Morgan fingerprint density at radius 1 is 1.41 bits per heavy atom. The van der Waals surface area contributed by atoms with Gasteiger partial charge in [0.25, 0.3) is 5.91 Å². The van der Waals surface area contributed by atoms with Gasteiger partial charge in [0.2, 0.25) is 0 Å². The Morgan fingerprint density at radius 3 is 3.23 bits per heavy atom. The topological polar surface area (TPSA) is 69.0 Å². The average molecular weight is 298 g/mol. The number of hydrogen-bond donors (Lipinski definition) is 1. The molecule has 3 heterocycles. The minimum atomic E-state index is -0.171. The van der Waals surface area contributed by atoms with Crippen molar-refractivity contribution in [2.24, 2.45) is 0 Å². The molecular weight excluding hydrogens is 280 g/mol. The van der Waals surface area contributed by atoms with E-state index in [9.17, 15) is 4.79 Å². The number of carbonyl (C=O) groups excluding carboxylic acids is 1. The van der Waals surface area contributed by atoms with Crippen LogP contribution in [0.15, 0.2) is 37.1 Å². The summed E-state index contributed by atoms with van der Waals surface area (Å²) in [6, 6.07) is 3.53. The predicted octanol–water partition coefficient (Wildman–Crippen LogP) is 1.71. The second-order valence-corrected chi connectivity index (χ2v) is 5.98. The highest BCUT2D eigenvalue weighted by atomic mass is 16.5. The van der Waals surface area contributed by atoms with Crippen molar-refractivity contribution in [1.82, 2.24) is 19.9 Å². The van der Waals surface area contributed by atoms with E-state index in [1.807, 2.05) is 0 Å². The van der Waals surface area contributed by atoms with Crippen molar-refractivity contribution in [2.45, 2.75) is 37.3 Å². The molecular formula is C16H18N4O2. The molecule has 6 heteroatoms. The molecule has 1 amide bonds. The summed E-state index contributed by atoms with van der Waals surface area (Å²) in [7, 11) is 0. The van der Waals surface area contributed by atoms with Gasteiger partial charge in [-0.3, -0.25) is 9.36 Å². The Kier molecular flexibility index (Phi) is 3.18. The Bertz CT molecular complexity index is 673. The van der Waals surface area contributed by atoms with Crippen LogP contribution in [0.1, 0.15) is 36.0 Å². The Morgan fingerprint density at radius 2 is 2.36 bits per heavy atom. The normalized spacial score (nSPS) is 26.8. The van der Waals surface area contributed by atoms with Crippen LogP contribution in [-0.4, -0.2) is 38.7 Å². The molecule has 0 radical (unpaired) electrons. The van der Waals surface area contributed by atoms with Crippen LogP contribution in [0.25, 0.3) is 5.82 Å². The minimum absolute atomic E-state index is 0.0545. The number of pyridine rings is 1. The second kappa shape index (κ2) is 5.21. The third-order valence-corrected chi connectivity index (χ3v) is 4.71. The number of aromatic nitrogens is 3. The molecule has 2 aromatic rings. The molecule has 2 aromatic heterocycles. The van der Waals surface area contributed by atoms with E-state index in [1.165, 1.54) is 0 Å². The predicted molar refractivity (Wildman–Crippen MR) is 79.8 cm³/mol. The molecule has 22 heavy (non-hydrogen) atoms. The van der Waals surface area contributed by atoms with Crippen molar-refractivity contribution in [2.75, 3.05) is 6.61 Å². The molecule has 1 saturated heterocycles. The van der Waals surface area contributed by atoms with Gasteiger partial charge in [0.1, 0.15) is 12.1 Å². The smallest absolute Gasteiger partial charge is 0.251 e. The fourth-order valence-electron chi connectivity index (χ4n) is 3.55. The lowest BCUT2D eigenvalue weighted by atomic mass is 9.93. The van der Waals surface area contributed by atoms with Gasteiger partial charge in [0.15, 0.2) is 0 Å². The first-order valence-corrected chi connectivity index (χ1v) is 7.65. The van der Waals surface area contributed by atoms with Crippen molar-refractivity contribution in [1.29, 1.82) is 0 Å². The number of hydrogen-bond acceptors (Lipinski definition) is 4. The summed E-state index contributed by atoms with van der Waals surface area (Å²) in [5.41, 5.74) is 0.445. The number of imidazole rings is 1. The summed E-state index contributed by atoms with van der Waals surface area (Å²) < 4.78 is 7.54. The molecule has 1 aliphatic heterocycles. The van der Waals surface area contributed by atoms with Gasteiger partial charge in [-0.15, -0.1) is 0 Å². The number of carbonyl (C=O) groups is 1. The molecule has 1 saturated carbocycles. The highest BCUT2D eigenvalue weighted by Crippen LogP contribution is 2.39. The van der Waals surface area contributed by atoms with Crippen LogP contribution in [0.5, 0.6) is 0 Å². The SMILES string of the molecule is O=C(N[C@]12CCC[C@H]1OCC2)c1ccnc(-n2ccnc2)c1. The largest absolute Gasteiger partial charge is 0.376 e. The second-order valence-electron chi connectivity index (χ2n) is 5.98. The zero-order valence-corrected chi connectivity index (χ0v) is 12.2. The van der Waals surface area contributed by atoms with E-state index in [0.29, 0.717) is 11.4 Å². The third kappa shape index (κ3) is 2.20. The van der Waals surface area contributed by atoms with Crippen molar-refractivity contribution >= 4 is 5.91 Å². The summed E-state index contributed by atoms with van der Waals surface area (Å²) in [5.74, 6) is 0.634. The van der Waals surface area contributed by atoms with E-state index >= 15 is 0 Å². The van der Waals surface area contributed by atoms with Gasteiger partial charge in [0.05, 0.1) is 11.6 Å². The summed E-state index contributed by atoms with van der Waals surface area (Å²) in [6.07, 6.45) is 11.0. The molecule has 114 valence electrons. The Balaban J connectivity index is 1.57. The van der Waals surface area contributed by atoms with E-state index in [0.717, 1.165) is 32.3 Å². The molecule has 1 aliphatic carbocycles. The number of fused-ring (bicyclic) bond motifs is 1. The Labute approximate surface area is 128 Å². The monoisotopic (exact) mass is 298 g/mol. The summed E-state index contributed by atoms with van der Waals surface area (Å²) in [5, 5.41) is 3.23. The van der Waals surface area contributed by atoms with Crippen LogP contribution in [0.2, 0.25) is 0 Å². The molecule has 0 unspecified atom stereocenters. The van der Waals surface area contributed by atoms with Crippen LogP contribution >= 0.6 is 0 Å². The van der Waals surface area contributed by atoms with Gasteiger partial charge in [-0.2, -0.15) is 0 Å². The first kappa shape index (κ1) is 13.5. The van der Waals surface area contributed by atoms with Gasteiger partial charge in [-0.1, -0.05) is 0 Å². The van der Waals surface area contributed by atoms with Crippen molar-refractivity contribution in [3.8, 4) is 5.82 Å².